The Labute approximate surface area is 68.7 Å². The molecule has 0 aliphatic rings. The van der Waals surface area contributed by atoms with Crippen LogP contribution in [0.5, 0.6) is 5.88 Å². The Morgan fingerprint density at radius 2 is 2.36 bits per heavy atom. The van der Waals surface area contributed by atoms with Crippen LogP contribution in [0.1, 0.15) is 0 Å². The van der Waals surface area contributed by atoms with Gasteiger partial charge in [-0.3, -0.25) is 10.7 Å². The van der Waals surface area contributed by atoms with Crippen LogP contribution in [0, 0.1) is 0 Å². The van der Waals surface area contributed by atoms with Crippen molar-refractivity contribution >= 4 is 17.3 Å². The van der Waals surface area contributed by atoms with Crippen LogP contribution in [0.15, 0.2) is 12.1 Å². The summed E-state index contributed by atoms with van der Waals surface area (Å²) < 4.78 is 4.79. The highest BCUT2D eigenvalue weighted by Crippen LogP contribution is 2.21. The highest BCUT2D eigenvalue weighted by molar-refractivity contribution is 6.31. The number of hydrogen-bond acceptors (Lipinski definition) is 4. The molecule has 0 saturated heterocycles. The number of nitrogens with one attached hydrogen (secondary N) is 1. The summed E-state index contributed by atoms with van der Waals surface area (Å²) in [5.41, 5.74) is 2.25. The lowest BCUT2D eigenvalue weighted by atomic mass is 10.4. The topological polar surface area (TPSA) is 54.4 Å². The van der Waals surface area contributed by atoms with E-state index in [4.69, 9.17) is 21.5 Å². The number of hydrogen-bond donors (Lipinski definition) is 2. The molecule has 2 N–H and O–H groups in total. The van der Waals surface area contributed by atoms with Gasteiger partial charge in [0.25, 0.3) is 0 Å². The Hall–Kier alpha value is -1.00. The molecule has 60 valence electrons. The lowest BCUT2D eigenvalue weighted by Crippen LogP contribution is -1.93. The minimum atomic E-state index is 0.173. The van der Waals surface area contributed by atoms with E-state index in [-0.39, 0.29) is 5.15 Å². The summed E-state index contributed by atoms with van der Waals surface area (Å²) in [7, 11) is 1.49. The summed E-state index contributed by atoms with van der Waals surface area (Å²) in [6.07, 6.45) is 0. The Kier molecular flexibility index (Phi) is 2.51. The van der Waals surface area contributed by atoms with Crippen molar-refractivity contribution < 1.29 is 9.94 Å². The Balaban J connectivity index is 2.99. The number of aromatic nitrogens is 1. The van der Waals surface area contributed by atoms with Crippen LogP contribution in [-0.4, -0.2) is 17.3 Å². The van der Waals surface area contributed by atoms with Gasteiger partial charge in [0.05, 0.1) is 12.8 Å². The number of rotatable bonds is 2. The van der Waals surface area contributed by atoms with Crippen LogP contribution in [0.4, 0.5) is 5.69 Å². The standard InChI is InChI=1S/C6H7ClN2O2/c1-11-5-3-2-4(9-10)6(7)8-5/h2-3,9-10H,1H3. The van der Waals surface area contributed by atoms with E-state index in [1.165, 1.54) is 7.11 Å². The third-order valence-electron chi connectivity index (χ3n) is 1.15. The van der Waals surface area contributed by atoms with Crippen molar-refractivity contribution in [2.24, 2.45) is 0 Å². The summed E-state index contributed by atoms with van der Waals surface area (Å²) in [6, 6.07) is 3.15. The second-order valence-corrected chi connectivity index (χ2v) is 2.16. The Bertz CT molecular complexity index is 254. The number of pyridine rings is 1. The lowest BCUT2D eigenvalue weighted by molar-refractivity contribution is 0.385. The van der Waals surface area contributed by atoms with E-state index in [1.807, 2.05) is 5.48 Å². The molecule has 11 heavy (non-hydrogen) atoms. The molecule has 5 heteroatoms. The smallest absolute Gasteiger partial charge is 0.214 e. The highest BCUT2D eigenvalue weighted by atomic mass is 35.5. The molecule has 0 radical (unpaired) electrons. The van der Waals surface area contributed by atoms with Crippen LogP contribution >= 0.6 is 11.6 Å². The molecule has 0 bridgehead atoms. The van der Waals surface area contributed by atoms with E-state index < -0.39 is 0 Å². The van der Waals surface area contributed by atoms with E-state index >= 15 is 0 Å². The third-order valence-corrected chi connectivity index (χ3v) is 1.44. The average molecular weight is 175 g/mol. The third kappa shape index (κ3) is 1.72. The number of methoxy groups -OCH3 is 1. The molecule has 0 aliphatic carbocycles. The van der Waals surface area contributed by atoms with Crippen molar-refractivity contribution in [1.29, 1.82) is 0 Å². The van der Waals surface area contributed by atoms with Gasteiger partial charge < -0.3 is 4.74 Å². The summed E-state index contributed by atoms with van der Waals surface area (Å²) in [6.45, 7) is 0. The van der Waals surface area contributed by atoms with Crippen molar-refractivity contribution in [1.82, 2.24) is 4.98 Å². The number of anilines is 1. The van der Waals surface area contributed by atoms with Gasteiger partial charge in [-0.2, -0.15) is 4.98 Å². The molecule has 1 rings (SSSR count). The summed E-state index contributed by atoms with van der Waals surface area (Å²) >= 11 is 5.59. The van der Waals surface area contributed by atoms with Crippen molar-refractivity contribution in [3.8, 4) is 5.88 Å². The van der Waals surface area contributed by atoms with Crippen LogP contribution in [-0.2, 0) is 0 Å². The van der Waals surface area contributed by atoms with Crippen LogP contribution in [0.2, 0.25) is 5.15 Å². The minimum Gasteiger partial charge on any atom is -0.481 e. The summed E-state index contributed by atoms with van der Waals surface area (Å²) in [5, 5.41) is 8.64. The molecule has 1 heterocycles. The average Bonchev–Trinajstić information content (AvgIpc) is 2.04. The molecular formula is C6H7ClN2O2. The largest absolute Gasteiger partial charge is 0.481 e. The van der Waals surface area contributed by atoms with Gasteiger partial charge >= 0.3 is 0 Å². The second kappa shape index (κ2) is 3.41. The van der Waals surface area contributed by atoms with E-state index in [0.29, 0.717) is 11.6 Å². The van der Waals surface area contributed by atoms with Gasteiger partial charge in [0.2, 0.25) is 5.88 Å². The SMILES string of the molecule is COc1ccc(NO)c(Cl)n1. The van der Waals surface area contributed by atoms with Crippen LogP contribution < -0.4 is 10.2 Å². The maximum atomic E-state index is 8.47. The second-order valence-electron chi connectivity index (χ2n) is 1.80. The van der Waals surface area contributed by atoms with Gasteiger partial charge in [-0.05, 0) is 6.07 Å². The van der Waals surface area contributed by atoms with Gasteiger partial charge in [0.15, 0.2) is 5.15 Å². The summed E-state index contributed by atoms with van der Waals surface area (Å²) in [4.78, 5) is 3.78. The maximum Gasteiger partial charge on any atom is 0.214 e. The first-order chi connectivity index (χ1) is 5.27. The summed E-state index contributed by atoms with van der Waals surface area (Å²) in [5.74, 6) is 0.411. The van der Waals surface area contributed by atoms with E-state index in [2.05, 4.69) is 4.98 Å². The number of nitrogens with zero attached hydrogens (tertiary/aromatic N) is 1. The van der Waals surface area contributed by atoms with Crippen molar-refractivity contribution in [2.75, 3.05) is 12.6 Å². The zero-order valence-electron chi connectivity index (χ0n) is 5.84. The predicted molar refractivity (Wildman–Crippen MR) is 41.2 cm³/mol. The van der Waals surface area contributed by atoms with Crippen molar-refractivity contribution in [3.05, 3.63) is 17.3 Å². The first-order valence-corrected chi connectivity index (χ1v) is 3.26. The van der Waals surface area contributed by atoms with Crippen molar-refractivity contribution in [2.45, 2.75) is 0 Å². The Morgan fingerprint density at radius 3 is 2.82 bits per heavy atom. The van der Waals surface area contributed by atoms with Crippen LogP contribution in [0.3, 0.4) is 0 Å². The number of ether oxygens (including phenoxy) is 1. The van der Waals surface area contributed by atoms with Gasteiger partial charge in [0, 0.05) is 6.07 Å². The van der Waals surface area contributed by atoms with E-state index in [0.717, 1.165) is 0 Å². The first kappa shape index (κ1) is 8.10. The quantitative estimate of drug-likeness (QED) is 0.528. The van der Waals surface area contributed by atoms with E-state index in [9.17, 15) is 0 Å². The van der Waals surface area contributed by atoms with Gasteiger partial charge in [-0.25, -0.2) is 0 Å². The molecule has 0 aromatic carbocycles. The first-order valence-electron chi connectivity index (χ1n) is 2.88. The molecule has 0 saturated carbocycles. The molecule has 4 nitrogen and oxygen atoms in total. The normalized spacial score (nSPS) is 9.36. The molecule has 0 aliphatic heterocycles. The minimum absolute atomic E-state index is 0.173. The molecule has 0 unspecified atom stereocenters. The fourth-order valence-corrected chi connectivity index (χ4v) is 0.803. The van der Waals surface area contributed by atoms with Gasteiger partial charge in [0.1, 0.15) is 0 Å². The molecule has 0 spiro atoms. The fourth-order valence-electron chi connectivity index (χ4n) is 0.615. The number of halogens is 1. The van der Waals surface area contributed by atoms with Gasteiger partial charge in [-0.15, -0.1) is 0 Å². The fraction of sp³-hybridized carbons (Fsp3) is 0.167. The monoisotopic (exact) mass is 174 g/mol. The van der Waals surface area contributed by atoms with Crippen molar-refractivity contribution in [3.63, 3.8) is 0 Å². The predicted octanol–water partition coefficient (Wildman–Crippen LogP) is 1.54. The molecule has 0 fully saturated rings. The molecular weight excluding hydrogens is 168 g/mol. The van der Waals surface area contributed by atoms with Crippen LogP contribution in [0.25, 0.3) is 0 Å². The molecule has 0 atom stereocenters. The molecule has 1 aromatic rings. The van der Waals surface area contributed by atoms with Gasteiger partial charge in [-0.1, -0.05) is 11.6 Å². The molecule has 1 aromatic heterocycles. The lowest BCUT2D eigenvalue weighted by Gasteiger charge is -2.02. The van der Waals surface area contributed by atoms with E-state index in [1.54, 1.807) is 12.1 Å². The zero-order chi connectivity index (χ0) is 8.27. The highest BCUT2D eigenvalue weighted by Gasteiger charge is 2.00. The Morgan fingerprint density at radius 1 is 1.64 bits per heavy atom. The zero-order valence-corrected chi connectivity index (χ0v) is 6.59. The maximum absolute atomic E-state index is 8.47. The molecule has 0 amide bonds.